The molecule has 8 N–H and O–H groups in total. The molecular weight excluding hydrogens is 260 g/mol. The molecule has 0 saturated carbocycles. The number of urea groups is 2. The smallest absolute Gasteiger partial charge is 0.333 e. The lowest BCUT2D eigenvalue weighted by molar-refractivity contribution is 0.253. The van der Waals surface area contributed by atoms with Gasteiger partial charge in [-0.05, 0) is 23.6 Å². The normalized spacial score (nSPS) is 10.3. The third kappa shape index (κ3) is 2.32. The zero-order chi connectivity index (χ0) is 14.9. The summed E-state index contributed by atoms with van der Waals surface area (Å²) in [6.07, 6.45) is 0. The lowest BCUT2D eigenvalue weighted by atomic mass is 10.1. The fraction of sp³-hybridized carbons (Fsp3) is 0. The van der Waals surface area contributed by atoms with Crippen LogP contribution in [0.25, 0.3) is 10.8 Å². The number of amides is 4. The molecule has 0 aliphatic rings. The lowest BCUT2D eigenvalue weighted by Gasteiger charge is -2.18. The second-order valence-electron chi connectivity index (χ2n) is 4.10. The quantitative estimate of drug-likeness (QED) is 0.356. The number of carbonyl (C=O) groups excluding carboxylic acids is 2. The first-order valence-electron chi connectivity index (χ1n) is 5.63. The largest absolute Gasteiger partial charge is 0.350 e. The van der Waals surface area contributed by atoms with Gasteiger partial charge in [-0.2, -0.15) is 0 Å². The number of benzene rings is 2. The highest BCUT2D eigenvalue weighted by atomic mass is 16.2. The Balaban J connectivity index is 2.56. The van der Waals surface area contributed by atoms with Gasteiger partial charge in [-0.25, -0.2) is 31.3 Å². The number of primary amides is 2. The molecular formula is C12H14N6O2. The highest BCUT2D eigenvalue weighted by Crippen LogP contribution is 2.28. The molecule has 0 aliphatic carbocycles. The maximum atomic E-state index is 11.1. The molecule has 0 spiro atoms. The number of carbonyl (C=O) groups is 2. The predicted octanol–water partition coefficient (Wildman–Crippen LogP) is 0.357. The molecule has 0 unspecified atom stereocenters. The average Bonchev–Trinajstić information content (AvgIpc) is 2.44. The number of fused-ring (bicyclic) bond motifs is 1. The van der Waals surface area contributed by atoms with Crippen molar-refractivity contribution in [1.82, 2.24) is 0 Å². The van der Waals surface area contributed by atoms with Crippen LogP contribution in [-0.2, 0) is 0 Å². The third-order valence-electron chi connectivity index (χ3n) is 2.85. The van der Waals surface area contributed by atoms with Crippen LogP contribution in [0.4, 0.5) is 21.0 Å². The SMILES string of the molecule is NC(=O)N(N)c1ccc2c(N(N)C(N)=O)cccc2c1. The van der Waals surface area contributed by atoms with E-state index in [1.807, 2.05) is 0 Å². The van der Waals surface area contributed by atoms with Crippen LogP contribution in [0.5, 0.6) is 0 Å². The Morgan fingerprint density at radius 2 is 1.55 bits per heavy atom. The summed E-state index contributed by atoms with van der Waals surface area (Å²) in [5.74, 6) is 11.1. The molecule has 0 aromatic heterocycles. The second-order valence-corrected chi connectivity index (χ2v) is 4.10. The van der Waals surface area contributed by atoms with Crippen molar-refractivity contribution in [3.05, 3.63) is 36.4 Å². The number of anilines is 2. The van der Waals surface area contributed by atoms with Crippen LogP contribution in [0.2, 0.25) is 0 Å². The van der Waals surface area contributed by atoms with Crippen LogP contribution >= 0.6 is 0 Å². The zero-order valence-electron chi connectivity index (χ0n) is 10.5. The first-order valence-corrected chi connectivity index (χ1v) is 5.63. The number of hydrazine groups is 2. The summed E-state index contributed by atoms with van der Waals surface area (Å²) >= 11 is 0. The first-order chi connectivity index (χ1) is 9.41. The van der Waals surface area contributed by atoms with Crippen LogP contribution in [0.3, 0.4) is 0 Å². The number of hydrogen-bond acceptors (Lipinski definition) is 4. The van der Waals surface area contributed by atoms with E-state index in [1.165, 1.54) is 0 Å². The van der Waals surface area contributed by atoms with E-state index in [4.69, 9.17) is 23.2 Å². The Morgan fingerprint density at radius 3 is 2.15 bits per heavy atom. The molecule has 0 heterocycles. The molecule has 0 bridgehead atoms. The summed E-state index contributed by atoms with van der Waals surface area (Å²) in [6, 6.07) is 8.50. The van der Waals surface area contributed by atoms with Gasteiger partial charge in [-0.1, -0.05) is 18.2 Å². The zero-order valence-corrected chi connectivity index (χ0v) is 10.5. The van der Waals surface area contributed by atoms with Crippen molar-refractivity contribution >= 4 is 34.2 Å². The molecule has 2 aromatic carbocycles. The Hall–Kier alpha value is -2.84. The maximum Gasteiger partial charge on any atom is 0.333 e. The van der Waals surface area contributed by atoms with Crippen molar-refractivity contribution in [2.24, 2.45) is 23.2 Å². The fourth-order valence-corrected chi connectivity index (χ4v) is 1.86. The Kier molecular flexibility index (Phi) is 3.42. The van der Waals surface area contributed by atoms with Crippen LogP contribution in [0, 0.1) is 0 Å². The molecule has 104 valence electrons. The van der Waals surface area contributed by atoms with E-state index in [9.17, 15) is 9.59 Å². The molecule has 2 aromatic rings. The lowest BCUT2D eigenvalue weighted by Crippen LogP contribution is -2.42. The van der Waals surface area contributed by atoms with Gasteiger partial charge in [0.1, 0.15) is 0 Å². The molecule has 2 rings (SSSR count). The molecule has 0 fully saturated rings. The van der Waals surface area contributed by atoms with E-state index in [0.717, 1.165) is 15.4 Å². The van der Waals surface area contributed by atoms with E-state index in [2.05, 4.69) is 0 Å². The molecule has 0 saturated heterocycles. The van der Waals surface area contributed by atoms with Crippen LogP contribution in [0.15, 0.2) is 36.4 Å². The topological polar surface area (TPSA) is 145 Å². The van der Waals surface area contributed by atoms with Gasteiger partial charge in [0.05, 0.1) is 11.4 Å². The summed E-state index contributed by atoms with van der Waals surface area (Å²) in [5, 5.41) is 3.08. The van der Waals surface area contributed by atoms with Gasteiger partial charge in [0.2, 0.25) is 0 Å². The summed E-state index contributed by atoms with van der Waals surface area (Å²) in [7, 11) is 0. The van der Waals surface area contributed by atoms with E-state index in [1.54, 1.807) is 36.4 Å². The van der Waals surface area contributed by atoms with E-state index < -0.39 is 12.1 Å². The van der Waals surface area contributed by atoms with Gasteiger partial charge in [0, 0.05) is 5.39 Å². The maximum absolute atomic E-state index is 11.1. The van der Waals surface area contributed by atoms with Gasteiger partial charge in [0.15, 0.2) is 0 Å². The molecule has 0 atom stereocenters. The van der Waals surface area contributed by atoms with Gasteiger partial charge in [-0.15, -0.1) is 0 Å². The van der Waals surface area contributed by atoms with Crippen molar-refractivity contribution in [3.63, 3.8) is 0 Å². The monoisotopic (exact) mass is 274 g/mol. The van der Waals surface area contributed by atoms with Crippen molar-refractivity contribution in [2.75, 3.05) is 10.0 Å². The van der Waals surface area contributed by atoms with Crippen molar-refractivity contribution in [3.8, 4) is 0 Å². The molecule has 8 nitrogen and oxygen atoms in total. The van der Waals surface area contributed by atoms with E-state index in [0.29, 0.717) is 16.8 Å². The number of nitrogens with zero attached hydrogens (tertiary/aromatic N) is 2. The van der Waals surface area contributed by atoms with Gasteiger partial charge in [0.25, 0.3) is 0 Å². The molecule has 20 heavy (non-hydrogen) atoms. The minimum Gasteiger partial charge on any atom is -0.350 e. The fourth-order valence-electron chi connectivity index (χ4n) is 1.86. The average molecular weight is 274 g/mol. The van der Waals surface area contributed by atoms with E-state index >= 15 is 0 Å². The standard InChI is InChI=1S/C12H14N6O2/c13-11(19)17(15)8-4-5-9-7(6-8)2-1-3-10(9)18(16)12(14)20/h1-6H,15-16H2,(H2,13,19)(H2,14,20). The second kappa shape index (κ2) is 5.03. The summed E-state index contributed by atoms with van der Waals surface area (Å²) in [5.41, 5.74) is 11.1. The van der Waals surface area contributed by atoms with Crippen LogP contribution in [-0.4, -0.2) is 12.1 Å². The summed E-state index contributed by atoms with van der Waals surface area (Å²) in [4.78, 5) is 22.2. The Bertz CT molecular complexity index is 687. The Morgan fingerprint density at radius 1 is 0.900 bits per heavy atom. The number of hydrogen-bond donors (Lipinski definition) is 4. The van der Waals surface area contributed by atoms with Gasteiger partial charge >= 0.3 is 12.1 Å². The number of rotatable bonds is 2. The highest BCUT2D eigenvalue weighted by molar-refractivity contribution is 6.03. The first kappa shape index (κ1) is 13.6. The molecule has 8 heteroatoms. The molecule has 4 amide bonds. The van der Waals surface area contributed by atoms with Crippen molar-refractivity contribution in [2.45, 2.75) is 0 Å². The van der Waals surface area contributed by atoms with Gasteiger partial charge in [-0.3, -0.25) is 0 Å². The predicted molar refractivity (Wildman–Crippen MR) is 76.4 cm³/mol. The third-order valence-corrected chi connectivity index (χ3v) is 2.85. The minimum atomic E-state index is -0.780. The van der Waals surface area contributed by atoms with Crippen molar-refractivity contribution in [1.29, 1.82) is 0 Å². The van der Waals surface area contributed by atoms with Crippen molar-refractivity contribution < 1.29 is 9.59 Å². The van der Waals surface area contributed by atoms with Crippen LogP contribution < -0.4 is 33.2 Å². The Labute approximate surface area is 114 Å². The summed E-state index contributed by atoms with van der Waals surface area (Å²) < 4.78 is 0. The molecule has 0 radical (unpaired) electrons. The van der Waals surface area contributed by atoms with Gasteiger partial charge < -0.3 is 11.5 Å². The number of nitrogens with two attached hydrogens (primary N) is 4. The summed E-state index contributed by atoms with van der Waals surface area (Å²) in [6.45, 7) is 0. The van der Waals surface area contributed by atoms with E-state index in [-0.39, 0.29) is 0 Å². The van der Waals surface area contributed by atoms with Crippen LogP contribution in [0.1, 0.15) is 0 Å². The highest BCUT2D eigenvalue weighted by Gasteiger charge is 2.13. The molecule has 0 aliphatic heterocycles. The minimum absolute atomic E-state index is 0.421.